The van der Waals surface area contributed by atoms with Crippen LogP contribution in [0.3, 0.4) is 0 Å². The fraction of sp³-hybridized carbons (Fsp3) is 0.571. The molecular formula is C35H53NO5Si. The van der Waals surface area contributed by atoms with Crippen molar-refractivity contribution < 1.29 is 23.9 Å². The van der Waals surface area contributed by atoms with Gasteiger partial charge in [0.1, 0.15) is 5.60 Å². The summed E-state index contributed by atoms with van der Waals surface area (Å²) in [6, 6.07) is 16.9. The minimum absolute atomic E-state index is 0.0194. The van der Waals surface area contributed by atoms with Gasteiger partial charge >= 0.3 is 11.9 Å². The Labute approximate surface area is 255 Å². The highest BCUT2D eigenvalue weighted by atomic mass is 28.3. The van der Waals surface area contributed by atoms with Crippen LogP contribution in [0.25, 0.3) is 11.1 Å². The molecule has 0 aliphatic carbocycles. The average Bonchev–Trinajstić information content (AvgIpc) is 2.90. The first-order valence-electron chi connectivity index (χ1n) is 15.4. The summed E-state index contributed by atoms with van der Waals surface area (Å²) in [6.07, 6.45) is 4.35. The molecular weight excluding hydrogens is 542 g/mol. The summed E-state index contributed by atoms with van der Waals surface area (Å²) in [6.45, 7) is 15.0. The predicted molar refractivity (Wildman–Crippen MR) is 174 cm³/mol. The van der Waals surface area contributed by atoms with Gasteiger partial charge < -0.3 is 14.4 Å². The van der Waals surface area contributed by atoms with E-state index in [1.807, 2.05) is 45.0 Å². The molecule has 0 saturated heterocycles. The maximum Gasteiger partial charge on any atom is 0.309 e. The number of aryl methyl sites for hydroxylation is 1. The molecule has 0 fully saturated rings. The molecule has 2 aromatic rings. The molecule has 2 rings (SSSR count). The summed E-state index contributed by atoms with van der Waals surface area (Å²) in [4.78, 5) is 40.2. The second-order valence-electron chi connectivity index (χ2n) is 13.8. The molecule has 0 aliphatic heterocycles. The van der Waals surface area contributed by atoms with Crippen molar-refractivity contribution in [1.29, 1.82) is 0 Å². The lowest BCUT2D eigenvalue weighted by Gasteiger charge is -2.26. The van der Waals surface area contributed by atoms with E-state index in [0.717, 1.165) is 35.6 Å². The normalized spacial score (nSPS) is 13.3. The van der Waals surface area contributed by atoms with Crippen LogP contribution < -0.4 is 0 Å². The maximum absolute atomic E-state index is 13.3. The highest BCUT2D eigenvalue weighted by molar-refractivity contribution is 6.76. The Morgan fingerprint density at radius 3 is 1.88 bits per heavy atom. The first-order chi connectivity index (χ1) is 19.6. The van der Waals surface area contributed by atoms with Gasteiger partial charge in [-0.05, 0) is 81.3 Å². The highest BCUT2D eigenvalue weighted by Crippen LogP contribution is 2.28. The van der Waals surface area contributed by atoms with Gasteiger partial charge in [-0.3, -0.25) is 14.4 Å². The van der Waals surface area contributed by atoms with Crippen molar-refractivity contribution in [2.24, 2.45) is 11.8 Å². The summed E-state index contributed by atoms with van der Waals surface area (Å²) in [5, 5.41) is 0. The molecule has 2 aromatic carbocycles. The van der Waals surface area contributed by atoms with Crippen LogP contribution in [-0.2, 0) is 25.5 Å². The first kappa shape index (κ1) is 35.3. The van der Waals surface area contributed by atoms with E-state index in [1.54, 1.807) is 19.0 Å². The van der Waals surface area contributed by atoms with E-state index in [4.69, 9.17) is 9.47 Å². The Balaban J connectivity index is 2.16. The molecule has 0 aromatic heterocycles. The van der Waals surface area contributed by atoms with Crippen LogP contribution in [0.4, 0.5) is 0 Å². The minimum Gasteiger partial charge on any atom is -0.466 e. The van der Waals surface area contributed by atoms with Crippen molar-refractivity contribution >= 4 is 25.9 Å². The molecule has 0 spiro atoms. The van der Waals surface area contributed by atoms with Gasteiger partial charge in [-0.1, -0.05) is 75.8 Å². The quantitative estimate of drug-likeness (QED) is 0.154. The number of ether oxygens (including phenoxy) is 2. The molecule has 232 valence electrons. The van der Waals surface area contributed by atoms with Crippen LogP contribution in [0.5, 0.6) is 0 Å². The lowest BCUT2D eigenvalue weighted by molar-refractivity contribution is -0.162. The van der Waals surface area contributed by atoms with Crippen LogP contribution in [0.15, 0.2) is 48.5 Å². The van der Waals surface area contributed by atoms with Gasteiger partial charge in [-0.15, -0.1) is 0 Å². The molecule has 6 nitrogen and oxygen atoms in total. The monoisotopic (exact) mass is 595 g/mol. The largest absolute Gasteiger partial charge is 0.466 e. The lowest BCUT2D eigenvalue weighted by atomic mass is 9.86. The Kier molecular flexibility index (Phi) is 13.5. The highest BCUT2D eigenvalue weighted by Gasteiger charge is 2.31. The summed E-state index contributed by atoms with van der Waals surface area (Å²) in [5.41, 5.74) is 3.32. The van der Waals surface area contributed by atoms with Crippen molar-refractivity contribution in [2.75, 3.05) is 20.7 Å². The van der Waals surface area contributed by atoms with Crippen LogP contribution in [0.1, 0.15) is 75.7 Å². The number of benzene rings is 2. The number of nitrogens with zero attached hydrogens (tertiary/aromatic N) is 1. The van der Waals surface area contributed by atoms with Gasteiger partial charge in [0, 0.05) is 27.7 Å². The summed E-state index contributed by atoms with van der Waals surface area (Å²) < 4.78 is 11.5. The van der Waals surface area contributed by atoms with Crippen LogP contribution >= 0.6 is 0 Å². The van der Waals surface area contributed by atoms with E-state index in [0.29, 0.717) is 37.9 Å². The third-order valence-corrected chi connectivity index (χ3v) is 8.96. The van der Waals surface area contributed by atoms with Gasteiger partial charge in [0.15, 0.2) is 0 Å². The van der Waals surface area contributed by atoms with Crippen molar-refractivity contribution in [3.8, 4) is 11.1 Å². The van der Waals surface area contributed by atoms with Crippen molar-refractivity contribution in [2.45, 2.75) is 97.5 Å². The molecule has 0 N–H and O–H groups in total. The molecule has 0 unspecified atom stereocenters. The molecule has 0 aliphatic rings. The van der Waals surface area contributed by atoms with E-state index in [-0.39, 0.29) is 29.7 Å². The number of carbonyl (C=O) groups excluding carboxylic acids is 3. The topological polar surface area (TPSA) is 72.9 Å². The van der Waals surface area contributed by atoms with Gasteiger partial charge in [-0.25, -0.2) is 0 Å². The van der Waals surface area contributed by atoms with Gasteiger partial charge in [-0.2, -0.15) is 0 Å². The lowest BCUT2D eigenvalue weighted by Crippen LogP contribution is -2.32. The maximum atomic E-state index is 13.3. The standard InChI is InChI=1S/C35H53NO5Si/c1-10-11-12-30(34(39)41-35(2,3)4)25-31(33(38)40-23-24-42(7,8)9)18-15-26-13-16-27(17-14-26)28-19-21-29(22-20-28)32(37)36(5)6/h13-14,16-17,19-22,30-31H,10-12,15,18,23-25H2,1-9H3/t30-,31+/m0/s1. The van der Waals surface area contributed by atoms with E-state index >= 15 is 0 Å². The first-order valence-corrected chi connectivity index (χ1v) is 19.1. The predicted octanol–water partition coefficient (Wildman–Crippen LogP) is 8.02. The molecule has 1 amide bonds. The molecule has 7 heteroatoms. The molecule has 0 saturated carbocycles. The second-order valence-corrected chi connectivity index (χ2v) is 19.4. The number of esters is 2. The summed E-state index contributed by atoms with van der Waals surface area (Å²) >= 11 is 0. The molecule has 0 heterocycles. The zero-order chi connectivity index (χ0) is 31.5. The third kappa shape index (κ3) is 12.5. The number of rotatable bonds is 15. The number of hydrogen-bond acceptors (Lipinski definition) is 5. The molecule has 42 heavy (non-hydrogen) atoms. The Morgan fingerprint density at radius 1 is 0.833 bits per heavy atom. The van der Waals surface area contributed by atoms with Crippen LogP contribution in [0, 0.1) is 11.8 Å². The Morgan fingerprint density at radius 2 is 1.38 bits per heavy atom. The number of unbranched alkanes of at least 4 members (excludes halogenated alkanes) is 1. The van der Waals surface area contributed by atoms with Crippen molar-refractivity contribution in [3.63, 3.8) is 0 Å². The summed E-state index contributed by atoms with van der Waals surface area (Å²) in [7, 11) is 2.15. The number of hydrogen-bond donors (Lipinski definition) is 0. The van der Waals surface area contributed by atoms with Crippen molar-refractivity contribution in [1.82, 2.24) is 4.90 Å². The zero-order valence-corrected chi connectivity index (χ0v) is 28.4. The van der Waals surface area contributed by atoms with E-state index in [1.165, 1.54) is 0 Å². The fourth-order valence-corrected chi connectivity index (χ4v) is 5.40. The third-order valence-electron chi connectivity index (χ3n) is 7.25. The Hall–Kier alpha value is -2.93. The van der Waals surface area contributed by atoms with Gasteiger partial charge in [0.05, 0.1) is 18.4 Å². The zero-order valence-electron chi connectivity index (χ0n) is 27.4. The van der Waals surface area contributed by atoms with Crippen LogP contribution in [0.2, 0.25) is 25.7 Å². The minimum atomic E-state index is -1.34. The van der Waals surface area contributed by atoms with E-state index in [9.17, 15) is 14.4 Å². The number of amides is 1. The Bertz CT molecular complexity index is 1140. The molecule has 2 atom stereocenters. The number of carbonyl (C=O) groups is 3. The smallest absolute Gasteiger partial charge is 0.309 e. The average molecular weight is 596 g/mol. The van der Waals surface area contributed by atoms with Crippen molar-refractivity contribution in [3.05, 3.63) is 59.7 Å². The van der Waals surface area contributed by atoms with E-state index < -0.39 is 13.7 Å². The van der Waals surface area contributed by atoms with Gasteiger partial charge in [0.25, 0.3) is 5.91 Å². The van der Waals surface area contributed by atoms with Gasteiger partial charge in [0.2, 0.25) is 0 Å². The fourth-order valence-electron chi connectivity index (χ4n) is 4.69. The summed E-state index contributed by atoms with van der Waals surface area (Å²) in [5.74, 6) is -1.15. The molecule has 0 bridgehead atoms. The van der Waals surface area contributed by atoms with E-state index in [2.05, 4.69) is 50.8 Å². The second kappa shape index (κ2) is 16.1. The molecule has 0 radical (unpaired) electrons. The van der Waals surface area contributed by atoms with Crippen LogP contribution in [-0.4, -0.2) is 57.1 Å². The SMILES string of the molecule is CCCC[C@@H](C[C@@H](CCc1ccc(-c2ccc(C(=O)N(C)C)cc2)cc1)C(=O)OCC[Si](C)(C)C)C(=O)OC(C)(C)C.